The van der Waals surface area contributed by atoms with Crippen molar-refractivity contribution in [3.63, 3.8) is 0 Å². The first-order valence-corrected chi connectivity index (χ1v) is 3.78. The minimum absolute atomic E-state index is 0.0732. The maximum atomic E-state index is 11.0. The summed E-state index contributed by atoms with van der Waals surface area (Å²) in [5.41, 5.74) is 0. The molecule has 1 aromatic rings. The van der Waals surface area contributed by atoms with Gasteiger partial charge in [0.1, 0.15) is 11.5 Å². The van der Waals surface area contributed by atoms with Gasteiger partial charge in [-0.1, -0.05) is 6.07 Å². The van der Waals surface area contributed by atoms with Crippen LogP contribution in [0.2, 0.25) is 0 Å². The monoisotopic (exact) mass is 181 g/mol. The molecule has 4 heteroatoms. The second-order valence-electron chi connectivity index (χ2n) is 2.76. The molecule has 0 saturated heterocycles. The van der Waals surface area contributed by atoms with Gasteiger partial charge in [-0.15, -0.1) is 0 Å². The fourth-order valence-electron chi connectivity index (χ4n) is 0.739. The van der Waals surface area contributed by atoms with E-state index in [1.54, 1.807) is 26.2 Å². The van der Waals surface area contributed by atoms with E-state index < -0.39 is 6.09 Å². The zero-order chi connectivity index (χ0) is 9.84. The molecule has 1 amide bonds. The first-order chi connectivity index (χ1) is 6.09. The van der Waals surface area contributed by atoms with Crippen LogP contribution in [0.15, 0.2) is 24.3 Å². The van der Waals surface area contributed by atoms with Gasteiger partial charge in [0.25, 0.3) is 0 Å². The van der Waals surface area contributed by atoms with Gasteiger partial charge in [-0.25, -0.2) is 4.79 Å². The highest BCUT2D eigenvalue weighted by Gasteiger charge is 2.06. The van der Waals surface area contributed by atoms with Crippen molar-refractivity contribution in [3.8, 4) is 11.5 Å². The molecule has 0 aliphatic heterocycles. The Kier molecular flexibility index (Phi) is 2.74. The van der Waals surface area contributed by atoms with Crippen LogP contribution < -0.4 is 4.74 Å². The second-order valence-corrected chi connectivity index (χ2v) is 2.76. The van der Waals surface area contributed by atoms with Gasteiger partial charge in [0.2, 0.25) is 0 Å². The van der Waals surface area contributed by atoms with E-state index in [4.69, 9.17) is 9.84 Å². The van der Waals surface area contributed by atoms with Crippen molar-refractivity contribution in [1.29, 1.82) is 0 Å². The minimum atomic E-state index is -0.467. The van der Waals surface area contributed by atoms with E-state index in [1.807, 2.05) is 0 Å². The molecule has 0 atom stereocenters. The van der Waals surface area contributed by atoms with Gasteiger partial charge in [-0.2, -0.15) is 0 Å². The Bertz CT molecular complexity index is 309. The summed E-state index contributed by atoms with van der Waals surface area (Å²) in [6, 6.07) is 6.09. The number of aromatic hydroxyl groups is 1. The Morgan fingerprint density at radius 3 is 2.69 bits per heavy atom. The first-order valence-electron chi connectivity index (χ1n) is 3.78. The lowest BCUT2D eigenvalue weighted by Gasteiger charge is -2.10. The van der Waals surface area contributed by atoms with Crippen LogP contribution in [0.4, 0.5) is 4.79 Å². The fraction of sp³-hybridized carbons (Fsp3) is 0.222. The standard InChI is InChI=1S/C9H11NO3/c1-10(2)9(12)13-8-5-3-4-7(11)6-8/h3-6,11H,1-2H3. The van der Waals surface area contributed by atoms with E-state index in [2.05, 4.69) is 0 Å². The SMILES string of the molecule is CN(C)C(=O)Oc1cccc(O)c1. The average molecular weight is 181 g/mol. The van der Waals surface area contributed by atoms with E-state index in [0.717, 1.165) is 0 Å². The third-order valence-corrected chi connectivity index (χ3v) is 1.39. The molecular weight excluding hydrogens is 170 g/mol. The Labute approximate surface area is 76.4 Å². The maximum absolute atomic E-state index is 11.0. The van der Waals surface area contributed by atoms with Crippen LogP contribution in [0.5, 0.6) is 11.5 Å². The molecular formula is C9H11NO3. The third-order valence-electron chi connectivity index (χ3n) is 1.39. The lowest BCUT2D eigenvalue weighted by Crippen LogP contribution is -2.25. The van der Waals surface area contributed by atoms with Crippen molar-refractivity contribution >= 4 is 6.09 Å². The van der Waals surface area contributed by atoms with E-state index in [0.29, 0.717) is 5.75 Å². The van der Waals surface area contributed by atoms with Crippen molar-refractivity contribution in [2.45, 2.75) is 0 Å². The van der Waals surface area contributed by atoms with Crippen molar-refractivity contribution in [2.24, 2.45) is 0 Å². The summed E-state index contributed by atoms with van der Waals surface area (Å²) in [7, 11) is 3.18. The third kappa shape index (κ3) is 2.66. The first kappa shape index (κ1) is 9.38. The molecule has 70 valence electrons. The van der Waals surface area contributed by atoms with E-state index in [-0.39, 0.29) is 5.75 Å². The number of amides is 1. The molecule has 0 fully saturated rings. The number of hydrogen-bond donors (Lipinski definition) is 1. The molecule has 0 aliphatic carbocycles. The van der Waals surface area contributed by atoms with Gasteiger partial charge in [0.15, 0.2) is 0 Å². The van der Waals surface area contributed by atoms with Gasteiger partial charge in [0.05, 0.1) is 0 Å². The van der Waals surface area contributed by atoms with Crippen molar-refractivity contribution < 1.29 is 14.6 Å². The van der Waals surface area contributed by atoms with Gasteiger partial charge in [-0.3, -0.25) is 0 Å². The summed E-state index contributed by atoms with van der Waals surface area (Å²) in [5.74, 6) is 0.405. The summed E-state index contributed by atoms with van der Waals surface area (Å²) in [6.45, 7) is 0. The minimum Gasteiger partial charge on any atom is -0.508 e. The van der Waals surface area contributed by atoms with Crippen LogP contribution >= 0.6 is 0 Å². The normalized spacial score (nSPS) is 9.38. The molecule has 1 N–H and O–H groups in total. The predicted molar refractivity (Wildman–Crippen MR) is 47.8 cm³/mol. The Balaban J connectivity index is 2.69. The highest BCUT2D eigenvalue weighted by atomic mass is 16.6. The summed E-state index contributed by atoms with van der Waals surface area (Å²) >= 11 is 0. The average Bonchev–Trinajstić information content (AvgIpc) is 2.04. The van der Waals surface area contributed by atoms with Crippen LogP contribution in [-0.4, -0.2) is 30.2 Å². The number of ether oxygens (including phenoxy) is 1. The van der Waals surface area contributed by atoms with Crippen LogP contribution in [0.1, 0.15) is 0 Å². The van der Waals surface area contributed by atoms with Crippen molar-refractivity contribution in [2.75, 3.05) is 14.1 Å². The molecule has 0 bridgehead atoms. The molecule has 0 saturated carbocycles. The molecule has 13 heavy (non-hydrogen) atoms. The van der Waals surface area contributed by atoms with Crippen molar-refractivity contribution in [1.82, 2.24) is 4.90 Å². The maximum Gasteiger partial charge on any atom is 0.414 e. The van der Waals surface area contributed by atoms with Crippen LogP contribution in [0, 0.1) is 0 Å². The molecule has 0 heterocycles. The number of carbonyl (C=O) groups is 1. The predicted octanol–water partition coefficient (Wildman–Crippen LogP) is 1.45. The molecule has 0 aromatic heterocycles. The summed E-state index contributed by atoms with van der Waals surface area (Å²) in [5, 5.41) is 9.06. The number of benzene rings is 1. The number of phenols is 1. The molecule has 1 rings (SSSR count). The molecule has 0 radical (unpaired) electrons. The van der Waals surface area contributed by atoms with Gasteiger partial charge >= 0.3 is 6.09 Å². The topological polar surface area (TPSA) is 49.8 Å². The lowest BCUT2D eigenvalue weighted by atomic mass is 10.3. The molecule has 0 aliphatic rings. The van der Waals surface area contributed by atoms with Gasteiger partial charge in [0, 0.05) is 20.2 Å². The number of nitrogens with zero attached hydrogens (tertiary/aromatic N) is 1. The van der Waals surface area contributed by atoms with Crippen LogP contribution in [0.25, 0.3) is 0 Å². The van der Waals surface area contributed by atoms with Crippen LogP contribution in [0.3, 0.4) is 0 Å². The molecule has 4 nitrogen and oxygen atoms in total. The number of phenolic OH excluding ortho intramolecular Hbond substituents is 1. The molecule has 1 aromatic carbocycles. The molecule has 0 unspecified atom stereocenters. The Morgan fingerprint density at radius 2 is 2.15 bits per heavy atom. The Morgan fingerprint density at radius 1 is 1.46 bits per heavy atom. The summed E-state index contributed by atoms with van der Waals surface area (Å²) in [4.78, 5) is 12.4. The highest BCUT2D eigenvalue weighted by Crippen LogP contribution is 2.17. The van der Waals surface area contributed by atoms with Crippen LogP contribution in [-0.2, 0) is 0 Å². The fourth-order valence-corrected chi connectivity index (χ4v) is 0.739. The van der Waals surface area contributed by atoms with E-state index in [1.165, 1.54) is 17.0 Å². The largest absolute Gasteiger partial charge is 0.508 e. The van der Waals surface area contributed by atoms with Crippen molar-refractivity contribution in [3.05, 3.63) is 24.3 Å². The zero-order valence-electron chi connectivity index (χ0n) is 7.52. The zero-order valence-corrected chi connectivity index (χ0v) is 7.52. The quantitative estimate of drug-likeness (QED) is 0.713. The number of carbonyl (C=O) groups excluding carboxylic acids is 1. The smallest absolute Gasteiger partial charge is 0.414 e. The second kappa shape index (κ2) is 3.80. The lowest BCUT2D eigenvalue weighted by molar-refractivity contribution is 0.172. The van der Waals surface area contributed by atoms with Gasteiger partial charge in [-0.05, 0) is 12.1 Å². The van der Waals surface area contributed by atoms with E-state index in [9.17, 15) is 4.79 Å². The number of rotatable bonds is 1. The van der Waals surface area contributed by atoms with E-state index >= 15 is 0 Å². The summed E-state index contributed by atoms with van der Waals surface area (Å²) in [6.07, 6.45) is -0.467. The molecule has 0 spiro atoms. The Hall–Kier alpha value is -1.71. The number of hydrogen-bond acceptors (Lipinski definition) is 3. The van der Waals surface area contributed by atoms with Gasteiger partial charge < -0.3 is 14.7 Å². The summed E-state index contributed by atoms with van der Waals surface area (Å²) < 4.78 is 4.88. The highest BCUT2D eigenvalue weighted by molar-refractivity contribution is 5.70.